The van der Waals surface area contributed by atoms with Gasteiger partial charge in [-0.05, 0) is 55.0 Å². The predicted molar refractivity (Wildman–Crippen MR) is 118 cm³/mol. The van der Waals surface area contributed by atoms with E-state index in [0.717, 1.165) is 31.4 Å². The number of hydrogen-bond acceptors (Lipinski definition) is 3. The summed E-state index contributed by atoms with van der Waals surface area (Å²) >= 11 is 0. The third kappa shape index (κ3) is 4.57. The molecule has 152 valence electrons. The van der Waals surface area contributed by atoms with Gasteiger partial charge in [0.1, 0.15) is 5.69 Å². The first kappa shape index (κ1) is 19.8. The molecule has 30 heavy (non-hydrogen) atoms. The van der Waals surface area contributed by atoms with E-state index in [1.165, 1.54) is 17.3 Å². The molecule has 0 saturated carbocycles. The molecule has 3 aromatic rings. The molecular formula is C25H25N3O2. The Kier molecular flexibility index (Phi) is 6.18. The van der Waals surface area contributed by atoms with Gasteiger partial charge in [-0.25, -0.2) is 0 Å². The second-order valence-corrected chi connectivity index (χ2v) is 7.46. The van der Waals surface area contributed by atoms with Crippen LogP contribution in [0.5, 0.6) is 0 Å². The zero-order valence-corrected chi connectivity index (χ0v) is 16.9. The molecule has 0 unspecified atom stereocenters. The highest BCUT2D eigenvalue weighted by Gasteiger charge is 2.24. The molecule has 4 rings (SSSR count). The van der Waals surface area contributed by atoms with Gasteiger partial charge in [0.05, 0.1) is 0 Å². The molecule has 0 aliphatic carbocycles. The quantitative estimate of drug-likeness (QED) is 0.637. The van der Waals surface area contributed by atoms with Gasteiger partial charge in [-0.1, -0.05) is 48.5 Å². The number of amides is 2. The highest BCUT2D eigenvalue weighted by Crippen LogP contribution is 2.27. The lowest BCUT2D eigenvalue weighted by Gasteiger charge is -2.29. The summed E-state index contributed by atoms with van der Waals surface area (Å²) in [6.07, 6.45) is 5.19. The summed E-state index contributed by atoms with van der Waals surface area (Å²) in [5.74, 6) is -0.348. The van der Waals surface area contributed by atoms with Crippen LogP contribution in [-0.4, -0.2) is 29.9 Å². The molecule has 5 heteroatoms. The highest BCUT2D eigenvalue weighted by atomic mass is 16.2. The summed E-state index contributed by atoms with van der Waals surface area (Å²) < 4.78 is 0. The minimum atomic E-state index is -0.182. The standard InChI is InChI=1S/C25H25N3O2/c29-24(27-15-6-10-19-8-2-1-3-9-19)21-14-16-26-22(18-21)25(30)28-17-7-12-20-11-4-5-13-23(20)28/h1-5,8-9,11,13-14,16,18H,6-7,10,12,15,17H2,(H,27,29). The van der Waals surface area contributed by atoms with Gasteiger partial charge >= 0.3 is 0 Å². The zero-order valence-electron chi connectivity index (χ0n) is 16.9. The van der Waals surface area contributed by atoms with Crippen molar-refractivity contribution in [1.82, 2.24) is 10.3 Å². The SMILES string of the molecule is O=C(NCCCc1ccccc1)c1ccnc(C(=O)N2CCCc3ccccc32)c1. The number of benzene rings is 2. The van der Waals surface area contributed by atoms with E-state index in [1.807, 2.05) is 36.4 Å². The van der Waals surface area contributed by atoms with Gasteiger partial charge in [0.15, 0.2) is 0 Å². The summed E-state index contributed by atoms with van der Waals surface area (Å²) in [6.45, 7) is 1.24. The second kappa shape index (κ2) is 9.35. The van der Waals surface area contributed by atoms with E-state index in [9.17, 15) is 9.59 Å². The average Bonchev–Trinajstić information content (AvgIpc) is 2.81. The molecule has 0 fully saturated rings. The summed E-state index contributed by atoms with van der Waals surface area (Å²) in [5, 5.41) is 2.94. The van der Waals surface area contributed by atoms with Crippen molar-refractivity contribution in [3.8, 4) is 0 Å². The molecule has 1 aliphatic heterocycles. The maximum Gasteiger partial charge on any atom is 0.276 e. The molecular weight excluding hydrogens is 374 g/mol. The van der Waals surface area contributed by atoms with Crippen LogP contribution >= 0.6 is 0 Å². The Morgan fingerprint density at radius 2 is 1.80 bits per heavy atom. The number of hydrogen-bond donors (Lipinski definition) is 1. The van der Waals surface area contributed by atoms with Crippen molar-refractivity contribution < 1.29 is 9.59 Å². The molecule has 1 aliphatic rings. The van der Waals surface area contributed by atoms with E-state index in [4.69, 9.17) is 0 Å². The van der Waals surface area contributed by atoms with Gasteiger partial charge in [-0.15, -0.1) is 0 Å². The van der Waals surface area contributed by atoms with E-state index in [2.05, 4.69) is 28.5 Å². The minimum absolute atomic E-state index is 0.166. The van der Waals surface area contributed by atoms with Gasteiger partial charge in [0, 0.05) is 30.5 Å². The van der Waals surface area contributed by atoms with Crippen LogP contribution < -0.4 is 10.2 Å². The van der Waals surface area contributed by atoms with Crippen molar-refractivity contribution in [2.24, 2.45) is 0 Å². The Labute approximate surface area is 176 Å². The van der Waals surface area contributed by atoms with Crippen LogP contribution in [0.15, 0.2) is 72.9 Å². The number of pyridine rings is 1. The molecule has 0 atom stereocenters. The van der Waals surface area contributed by atoms with E-state index in [0.29, 0.717) is 24.3 Å². The zero-order chi connectivity index (χ0) is 20.8. The number of aryl methyl sites for hydroxylation is 2. The summed E-state index contributed by atoms with van der Waals surface area (Å²) in [4.78, 5) is 31.6. The number of fused-ring (bicyclic) bond motifs is 1. The van der Waals surface area contributed by atoms with E-state index < -0.39 is 0 Å². The molecule has 2 amide bonds. The third-order valence-electron chi connectivity index (χ3n) is 5.37. The number of carbonyl (C=O) groups is 2. The van der Waals surface area contributed by atoms with E-state index in [1.54, 1.807) is 17.0 Å². The summed E-state index contributed by atoms with van der Waals surface area (Å²) in [5.41, 5.74) is 4.11. The van der Waals surface area contributed by atoms with Crippen LogP contribution in [0, 0.1) is 0 Å². The number of anilines is 1. The smallest absolute Gasteiger partial charge is 0.276 e. The fourth-order valence-electron chi connectivity index (χ4n) is 3.81. The number of para-hydroxylation sites is 1. The molecule has 0 spiro atoms. The maximum atomic E-state index is 13.1. The van der Waals surface area contributed by atoms with Crippen LogP contribution in [0.2, 0.25) is 0 Å². The molecule has 0 saturated heterocycles. The topological polar surface area (TPSA) is 62.3 Å². The lowest BCUT2D eigenvalue weighted by atomic mass is 10.0. The minimum Gasteiger partial charge on any atom is -0.352 e. The van der Waals surface area contributed by atoms with Crippen LogP contribution in [0.4, 0.5) is 5.69 Å². The van der Waals surface area contributed by atoms with Crippen LogP contribution in [0.3, 0.4) is 0 Å². The molecule has 0 bridgehead atoms. The first-order valence-corrected chi connectivity index (χ1v) is 10.4. The van der Waals surface area contributed by atoms with Crippen molar-refractivity contribution >= 4 is 17.5 Å². The number of aromatic nitrogens is 1. The van der Waals surface area contributed by atoms with Crippen LogP contribution in [0.1, 0.15) is 44.8 Å². The summed E-state index contributed by atoms with van der Waals surface area (Å²) in [6, 6.07) is 21.4. The van der Waals surface area contributed by atoms with Gasteiger partial charge < -0.3 is 10.2 Å². The monoisotopic (exact) mass is 399 g/mol. The normalized spacial score (nSPS) is 12.9. The molecule has 0 radical (unpaired) electrons. The Bertz CT molecular complexity index is 1030. The van der Waals surface area contributed by atoms with Crippen molar-refractivity contribution in [3.05, 3.63) is 95.3 Å². The lowest BCUT2D eigenvalue weighted by Crippen LogP contribution is -2.36. The maximum absolute atomic E-state index is 13.1. The lowest BCUT2D eigenvalue weighted by molar-refractivity contribution is 0.0953. The molecule has 2 heterocycles. The second-order valence-electron chi connectivity index (χ2n) is 7.46. The van der Waals surface area contributed by atoms with Gasteiger partial charge in [0.25, 0.3) is 11.8 Å². The summed E-state index contributed by atoms with van der Waals surface area (Å²) in [7, 11) is 0. The van der Waals surface area contributed by atoms with Crippen molar-refractivity contribution in [1.29, 1.82) is 0 Å². The number of nitrogens with one attached hydrogen (secondary N) is 1. The van der Waals surface area contributed by atoms with Crippen molar-refractivity contribution in [3.63, 3.8) is 0 Å². The Balaban J connectivity index is 1.39. The fraction of sp³-hybridized carbons (Fsp3) is 0.240. The molecule has 1 aromatic heterocycles. The number of nitrogens with zero attached hydrogens (tertiary/aromatic N) is 2. The highest BCUT2D eigenvalue weighted by molar-refractivity contribution is 6.07. The molecule has 2 aromatic carbocycles. The molecule has 5 nitrogen and oxygen atoms in total. The van der Waals surface area contributed by atoms with Gasteiger partial charge in [-0.2, -0.15) is 0 Å². The van der Waals surface area contributed by atoms with E-state index in [-0.39, 0.29) is 11.8 Å². The van der Waals surface area contributed by atoms with Crippen LogP contribution in [-0.2, 0) is 12.8 Å². The third-order valence-corrected chi connectivity index (χ3v) is 5.37. The number of carbonyl (C=O) groups excluding carboxylic acids is 2. The van der Waals surface area contributed by atoms with Crippen LogP contribution in [0.25, 0.3) is 0 Å². The number of rotatable bonds is 6. The van der Waals surface area contributed by atoms with E-state index >= 15 is 0 Å². The first-order valence-electron chi connectivity index (χ1n) is 10.4. The fourth-order valence-corrected chi connectivity index (χ4v) is 3.81. The molecule has 1 N–H and O–H groups in total. The Morgan fingerprint density at radius 3 is 2.67 bits per heavy atom. The Morgan fingerprint density at radius 1 is 1.00 bits per heavy atom. The Hall–Kier alpha value is -3.47. The van der Waals surface area contributed by atoms with Gasteiger partial charge in [0.2, 0.25) is 0 Å². The van der Waals surface area contributed by atoms with Gasteiger partial charge in [-0.3, -0.25) is 14.6 Å². The average molecular weight is 399 g/mol. The van der Waals surface area contributed by atoms with Crippen molar-refractivity contribution in [2.75, 3.05) is 18.0 Å². The van der Waals surface area contributed by atoms with Crippen molar-refractivity contribution in [2.45, 2.75) is 25.7 Å². The largest absolute Gasteiger partial charge is 0.352 e. The first-order chi connectivity index (χ1) is 14.7. The predicted octanol–water partition coefficient (Wildman–Crippen LogP) is 4.04.